The van der Waals surface area contributed by atoms with Crippen LogP contribution in [-0.2, 0) is 24.8 Å². The van der Waals surface area contributed by atoms with Crippen LogP contribution in [0, 0.1) is 12.8 Å². The second kappa shape index (κ2) is 17.2. The van der Waals surface area contributed by atoms with Crippen molar-refractivity contribution in [1.29, 1.82) is 0 Å². The number of rotatable bonds is 12. The highest BCUT2D eigenvalue weighted by Gasteiger charge is 2.47. The second-order valence-corrected chi connectivity index (χ2v) is 18.1. The minimum Gasteiger partial charge on any atom is -0.466 e. The van der Waals surface area contributed by atoms with Gasteiger partial charge in [-0.05, 0) is 153 Å². The normalized spacial score (nSPS) is 19.8. The molecule has 4 aromatic rings. The number of benzene rings is 4. The van der Waals surface area contributed by atoms with Crippen molar-refractivity contribution in [2.24, 2.45) is 5.92 Å². The molecule has 2 N–H and O–H groups in total. The Hall–Kier alpha value is -4.72. The summed E-state index contributed by atoms with van der Waals surface area (Å²) in [5, 5.41) is 2.40. The Balaban J connectivity index is 1.37. The highest BCUT2D eigenvalue weighted by atomic mass is 32.2. The molecule has 1 atom stereocenters. The molecule has 0 saturated heterocycles. The molecular weight excluding hydrogens is 753 g/mol. The summed E-state index contributed by atoms with van der Waals surface area (Å²) in [5.41, 5.74) is 16.1. The highest BCUT2D eigenvalue weighted by molar-refractivity contribution is 8.03. The molecule has 0 aromatic heterocycles. The number of nitrogens with zero attached hydrogens (tertiary/aromatic N) is 1. The monoisotopic (exact) mass is 809 g/mol. The zero-order valence-corrected chi connectivity index (χ0v) is 36.7. The molecule has 0 radical (unpaired) electrons. The fourth-order valence-corrected chi connectivity index (χ4v) is 10.2. The fourth-order valence-electron chi connectivity index (χ4n) is 8.93. The predicted molar refractivity (Wildman–Crippen MR) is 249 cm³/mol. The number of thioether (sulfide) groups is 1. The van der Waals surface area contributed by atoms with E-state index < -0.39 is 0 Å². The summed E-state index contributed by atoms with van der Waals surface area (Å²) in [6.45, 7) is 16.6. The average Bonchev–Trinajstić information content (AvgIpc) is 3.59. The molecule has 7 heteroatoms. The number of aryl methyl sites for hydroxylation is 1. The lowest BCUT2D eigenvalue weighted by molar-refractivity contribution is -0.362. The average molecular weight is 810 g/mol. The van der Waals surface area contributed by atoms with E-state index in [9.17, 15) is 4.79 Å². The van der Waals surface area contributed by atoms with Crippen molar-refractivity contribution in [3.8, 4) is 5.75 Å². The number of carbonyl (C=O) groups excluding carboxylic acids is 2. The maximum Gasteiger partial charge on any atom is 0.358 e. The molecule has 58 heavy (non-hydrogen) atoms. The van der Waals surface area contributed by atoms with Gasteiger partial charge in [0.15, 0.2) is 0 Å². The highest BCUT2D eigenvalue weighted by Crippen LogP contribution is 2.52. The summed E-state index contributed by atoms with van der Waals surface area (Å²) in [6.07, 6.45) is 16.5. The van der Waals surface area contributed by atoms with Crippen LogP contribution in [-0.4, -0.2) is 30.7 Å². The summed E-state index contributed by atoms with van der Waals surface area (Å²) in [4.78, 5) is 18.4. The first-order valence-corrected chi connectivity index (χ1v) is 22.1. The molecule has 0 fully saturated rings. The summed E-state index contributed by atoms with van der Waals surface area (Å²) < 4.78 is 12.4. The van der Waals surface area contributed by atoms with E-state index in [1.807, 2.05) is 19.1 Å². The molecule has 2 heterocycles. The van der Waals surface area contributed by atoms with E-state index >= 15 is 0 Å². The molecule has 300 valence electrons. The van der Waals surface area contributed by atoms with Gasteiger partial charge in [0, 0.05) is 51.0 Å². The second-order valence-electron chi connectivity index (χ2n) is 16.6. The Bertz CT molecular complexity index is 2410. The number of unbranched alkanes of at least 4 members (excludes halogenated alkanes) is 1. The lowest BCUT2D eigenvalue weighted by Gasteiger charge is -2.29. The van der Waals surface area contributed by atoms with Crippen molar-refractivity contribution in [2.45, 2.75) is 89.9 Å². The predicted octanol–water partition coefficient (Wildman–Crippen LogP) is 12.8. The van der Waals surface area contributed by atoms with E-state index in [1.54, 1.807) is 11.8 Å². The van der Waals surface area contributed by atoms with Crippen molar-refractivity contribution < 1.29 is 14.0 Å². The molecule has 3 aliphatic rings. The number of ether oxygens (including phenoxy) is 1. The summed E-state index contributed by atoms with van der Waals surface area (Å²) in [5.74, 6) is 2.13. The molecule has 2 aliphatic heterocycles. The van der Waals surface area contributed by atoms with Crippen LogP contribution in [0.4, 0.5) is 11.4 Å². The van der Waals surface area contributed by atoms with E-state index in [0.29, 0.717) is 19.4 Å². The number of nitrogen functional groups attached to an aromatic ring is 1. The first-order valence-electron chi connectivity index (χ1n) is 20.6. The zero-order chi connectivity index (χ0) is 41.2. The third kappa shape index (κ3) is 8.00. The van der Waals surface area contributed by atoms with Gasteiger partial charge in [-0.1, -0.05) is 74.2 Å². The van der Waals surface area contributed by atoms with Crippen LogP contribution < -0.4 is 10.6 Å². The SMILES string of the molecule is C/C=C\c1c(C)ccc2c1C(C)(C)/C(=C\C=C1/CC(C(=O)OCC)CC(/C=C/C3=[O+]c4ccc5ccccc5c4C3(C)C)=C1Sc1ccc(N)cc1)N2CCCCS. The lowest BCUT2D eigenvalue weighted by Crippen LogP contribution is -2.27. The molecular formula is C51H57N2O3S2+. The van der Waals surface area contributed by atoms with Gasteiger partial charge in [-0.25, -0.2) is 4.42 Å². The number of hydrogen-bond donors (Lipinski definition) is 2. The van der Waals surface area contributed by atoms with Gasteiger partial charge < -0.3 is 15.4 Å². The van der Waals surface area contributed by atoms with E-state index in [-0.39, 0.29) is 22.7 Å². The maximum absolute atomic E-state index is 13.7. The summed E-state index contributed by atoms with van der Waals surface area (Å²) >= 11 is 6.27. The molecule has 0 spiro atoms. The van der Waals surface area contributed by atoms with Gasteiger partial charge in [-0.3, -0.25) is 4.79 Å². The largest absolute Gasteiger partial charge is 0.466 e. The molecule has 0 bridgehead atoms. The van der Waals surface area contributed by atoms with E-state index in [0.717, 1.165) is 63.3 Å². The third-order valence-corrected chi connectivity index (χ3v) is 13.4. The van der Waals surface area contributed by atoms with Gasteiger partial charge in [0.05, 0.1) is 18.1 Å². The fraction of sp³-hybridized carbons (Fsp3) is 0.333. The van der Waals surface area contributed by atoms with Crippen molar-refractivity contribution in [1.82, 2.24) is 0 Å². The van der Waals surface area contributed by atoms with Crippen molar-refractivity contribution in [3.63, 3.8) is 0 Å². The minimum atomic E-state index is -0.362. The number of fused-ring (bicyclic) bond motifs is 4. The van der Waals surface area contributed by atoms with Gasteiger partial charge in [0.1, 0.15) is 5.41 Å². The van der Waals surface area contributed by atoms with Crippen LogP contribution in [0.1, 0.15) is 89.5 Å². The van der Waals surface area contributed by atoms with Crippen LogP contribution in [0.15, 0.2) is 130 Å². The Labute approximate surface area is 354 Å². The van der Waals surface area contributed by atoms with Gasteiger partial charge in [-0.2, -0.15) is 12.6 Å². The molecule has 1 unspecified atom stereocenters. The molecule has 5 nitrogen and oxygen atoms in total. The number of esters is 1. The van der Waals surface area contributed by atoms with Gasteiger partial charge in [0.25, 0.3) is 0 Å². The number of carbonyl (C=O) groups is 1. The van der Waals surface area contributed by atoms with E-state index in [2.05, 4.69) is 156 Å². The Morgan fingerprint density at radius 3 is 2.45 bits per heavy atom. The van der Waals surface area contributed by atoms with Crippen molar-refractivity contribution >= 4 is 64.4 Å². The van der Waals surface area contributed by atoms with Crippen LogP contribution in [0.25, 0.3) is 16.8 Å². The van der Waals surface area contributed by atoms with Crippen LogP contribution in [0.5, 0.6) is 5.75 Å². The van der Waals surface area contributed by atoms with Gasteiger partial charge in [-0.15, -0.1) is 0 Å². The first kappa shape index (κ1) is 41.4. The van der Waals surface area contributed by atoms with Crippen LogP contribution in [0.2, 0.25) is 0 Å². The Morgan fingerprint density at radius 1 is 0.931 bits per heavy atom. The lowest BCUT2D eigenvalue weighted by atomic mass is 9.78. The number of hydrogen-bond acceptors (Lipinski definition) is 6. The Morgan fingerprint density at radius 2 is 1.71 bits per heavy atom. The molecule has 0 saturated carbocycles. The molecule has 7 rings (SSSR count). The van der Waals surface area contributed by atoms with Gasteiger partial charge >= 0.3 is 17.5 Å². The summed E-state index contributed by atoms with van der Waals surface area (Å²) in [7, 11) is 0. The number of thiol groups is 1. The van der Waals surface area contributed by atoms with Gasteiger partial charge in [0.2, 0.25) is 0 Å². The zero-order valence-electron chi connectivity index (χ0n) is 35.0. The summed E-state index contributed by atoms with van der Waals surface area (Å²) in [6, 6.07) is 25.3. The number of ketones is 1. The van der Waals surface area contributed by atoms with Crippen LogP contribution >= 0.6 is 24.4 Å². The standard InChI is InChI=1S/C51H56N2O3S2/c1-8-14-40-33(3)17-25-42-46(40)50(4,5)44(53(42)29-12-13-30-57)27-19-35-31-37(49(54)55-9-2)32-36(48(35)58-39-23-21-38(52)22-24-39)20-28-45-51(6,7)47-41-16-11-10-15-34(41)18-26-43(47)56-45/h8,10-11,14-28,37H,9,12-13,29-32,52H2,1-7H3/p+1/b14-8-,28-20+,35-19+,44-27+. The Kier molecular flexibility index (Phi) is 12.3. The van der Waals surface area contributed by atoms with Crippen molar-refractivity contribution in [3.05, 3.63) is 147 Å². The first-order chi connectivity index (χ1) is 27.9. The van der Waals surface area contributed by atoms with E-state index in [4.69, 9.17) is 14.9 Å². The number of nitrogens with two attached hydrogens (primary N) is 1. The third-order valence-electron chi connectivity index (χ3n) is 11.9. The van der Waals surface area contributed by atoms with E-state index in [1.165, 1.54) is 44.4 Å². The molecule has 1 aliphatic carbocycles. The van der Waals surface area contributed by atoms with Crippen molar-refractivity contribution in [2.75, 3.05) is 29.5 Å². The topological polar surface area (TPSA) is 66.9 Å². The molecule has 0 amide bonds. The number of anilines is 2. The number of allylic oxidation sites excluding steroid dienone is 8. The maximum atomic E-state index is 13.7. The van der Waals surface area contributed by atoms with Crippen LogP contribution in [0.3, 0.4) is 0 Å². The molecule has 4 aromatic carbocycles. The smallest absolute Gasteiger partial charge is 0.358 e. The minimum absolute atomic E-state index is 0.166. The quantitative estimate of drug-likeness (QED) is 0.0373.